The number of aromatic nitrogens is 1. The number of primary amides is 1. The number of nitrogens with one attached hydrogen (secondary N) is 1. The summed E-state index contributed by atoms with van der Waals surface area (Å²) in [5.74, 6) is -1.64. The van der Waals surface area contributed by atoms with Crippen LogP contribution in [0, 0.1) is 0 Å². The van der Waals surface area contributed by atoms with E-state index in [4.69, 9.17) is 5.73 Å². The number of pyridine rings is 1. The highest BCUT2D eigenvalue weighted by Crippen LogP contribution is 2.30. The molecule has 1 aromatic heterocycles. The zero-order valence-electron chi connectivity index (χ0n) is 11.3. The van der Waals surface area contributed by atoms with Gasteiger partial charge in [-0.3, -0.25) is 14.4 Å². The molecule has 0 radical (unpaired) electrons. The molecule has 116 valence electrons. The van der Waals surface area contributed by atoms with Crippen molar-refractivity contribution in [2.45, 2.75) is 32.5 Å². The lowest BCUT2D eigenvalue weighted by Gasteiger charge is -2.18. The Bertz CT molecular complexity index is 622. The SMILES string of the molecule is CCC(C(N)=O)n1cc(C(F)(F)F)cc(NC(C)=O)c1=O. The number of carbonyl (C=O) groups is 2. The van der Waals surface area contributed by atoms with Gasteiger partial charge in [0, 0.05) is 13.1 Å². The second-order valence-corrected chi connectivity index (χ2v) is 4.36. The molecule has 0 saturated carbocycles. The molecule has 1 aromatic rings. The van der Waals surface area contributed by atoms with E-state index >= 15 is 0 Å². The van der Waals surface area contributed by atoms with Gasteiger partial charge in [0.2, 0.25) is 11.8 Å². The average molecular weight is 305 g/mol. The lowest BCUT2D eigenvalue weighted by molar-refractivity contribution is -0.138. The van der Waals surface area contributed by atoms with Crippen LogP contribution in [0.1, 0.15) is 31.9 Å². The minimum atomic E-state index is -4.74. The fraction of sp³-hybridized carbons (Fsp3) is 0.417. The number of alkyl halides is 3. The highest BCUT2D eigenvalue weighted by molar-refractivity contribution is 5.88. The van der Waals surface area contributed by atoms with Crippen LogP contribution in [0.2, 0.25) is 0 Å². The maximum absolute atomic E-state index is 12.8. The van der Waals surface area contributed by atoms with Crippen LogP contribution in [0.4, 0.5) is 18.9 Å². The van der Waals surface area contributed by atoms with Crippen LogP contribution in [0.5, 0.6) is 0 Å². The van der Waals surface area contributed by atoms with Gasteiger partial charge in [0.05, 0.1) is 5.56 Å². The number of hydrogen-bond acceptors (Lipinski definition) is 3. The molecule has 0 aromatic carbocycles. The average Bonchev–Trinajstić information content (AvgIpc) is 2.32. The number of carbonyl (C=O) groups excluding carboxylic acids is 2. The molecule has 1 atom stereocenters. The highest BCUT2D eigenvalue weighted by atomic mass is 19.4. The predicted molar refractivity (Wildman–Crippen MR) is 68.5 cm³/mol. The van der Waals surface area contributed by atoms with Crippen LogP contribution in [-0.2, 0) is 15.8 Å². The third-order valence-electron chi connectivity index (χ3n) is 2.73. The summed E-state index contributed by atoms with van der Waals surface area (Å²) in [4.78, 5) is 34.3. The number of hydrogen-bond donors (Lipinski definition) is 2. The molecule has 2 amide bonds. The number of rotatable bonds is 4. The molecule has 1 unspecified atom stereocenters. The van der Waals surface area contributed by atoms with Crippen LogP contribution in [0.3, 0.4) is 0 Å². The van der Waals surface area contributed by atoms with Gasteiger partial charge in [0.25, 0.3) is 5.56 Å². The molecule has 21 heavy (non-hydrogen) atoms. The maximum Gasteiger partial charge on any atom is 0.417 e. The Labute approximate surface area is 117 Å². The number of anilines is 1. The Morgan fingerprint density at radius 3 is 2.38 bits per heavy atom. The van der Waals surface area contributed by atoms with E-state index in [0.29, 0.717) is 16.8 Å². The van der Waals surface area contributed by atoms with Gasteiger partial charge >= 0.3 is 6.18 Å². The molecule has 1 heterocycles. The summed E-state index contributed by atoms with van der Waals surface area (Å²) in [6.45, 7) is 2.55. The normalized spacial score (nSPS) is 12.8. The Morgan fingerprint density at radius 1 is 1.43 bits per heavy atom. The van der Waals surface area contributed by atoms with Crippen molar-refractivity contribution in [3.8, 4) is 0 Å². The van der Waals surface area contributed by atoms with Gasteiger partial charge in [-0.15, -0.1) is 0 Å². The third-order valence-corrected chi connectivity index (χ3v) is 2.73. The smallest absolute Gasteiger partial charge is 0.368 e. The molecule has 0 fully saturated rings. The van der Waals surface area contributed by atoms with Crippen molar-refractivity contribution in [2.75, 3.05) is 5.32 Å². The molecule has 0 saturated heterocycles. The summed E-state index contributed by atoms with van der Waals surface area (Å²) in [5.41, 5.74) is 2.44. The topological polar surface area (TPSA) is 94.2 Å². The van der Waals surface area contributed by atoms with E-state index < -0.39 is 40.8 Å². The largest absolute Gasteiger partial charge is 0.417 e. The Balaban J connectivity index is 3.58. The first kappa shape index (κ1) is 16.7. The van der Waals surface area contributed by atoms with Gasteiger partial charge in [-0.1, -0.05) is 6.92 Å². The van der Waals surface area contributed by atoms with Crippen LogP contribution >= 0.6 is 0 Å². The van der Waals surface area contributed by atoms with E-state index in [1.54, 1.807) is 0 Å². The predicted octanol–water partition coefficient (Wildman–Crippen LogP) is 1.26. The van der Waals surface area contributed by atoms with Crippen LogP contribution < -0.4 is 16.6 Å². The Kier molecular flexibility index (Phi) is 4.77. The van der Waals surface area contributed by atoms with E-state index in [1.165, 1.54) is 6.92 Å². The van der Waals surface area contributed by atoms with E-state index in [9.17, 15) is 27.6 Å². The summed E-state index contributed by atoms with van der Waals surface area (Å²) in [6, 6.07) is -0.708. The van der Waals surface area contributed by atoms with Crippen molar-refractivity contribution in [1.29, 1.82) is 0 Å². The fourth-order valence-corrected chi connectivity index (χ4v) is 1.80. The summed E-state index contributed by atoms with van der Waals surface area (Å²) in [6.07, 6.45) is -4.18. The highest BCUT2D eigenvalue weighted by Gasteiger charge is 2.33. The van der Waals surface area contributed by atoms with Crippen LogP contribution in [0.15, 0.2) is 17.1 Å². The van der Waals surface area contributed by atoms with Crippen molar-refractivity contribution < 1.29 is 22.8 Å². The summed E-state index contributed by atoms with van der Waals surface area (Å²) < 4.78 is 39.1. The number of halogens is 3. The first-order valence-electron chi connectivity index (χ1n) is 5.98. The van der Waals surface area contributed by atoms with Crippen LogP contribution in [0.25, 0.3) is 0 Å². The van der Waals surface area contributed by atoms with Gasteiger partial charge in [0.15, 0.2) is 0 Å². The van der Waals surface area contributed by atoms with Crippen molar-refractivity contribution in [3.63, 3.8) is 0 Å². The molecule has 6 nitrogen and oxygen atoms in total. The van der Waals surface area contributed by atoms with E-state index in [2.05, 4.69) is 0 Å². The molecule has 0 spiro atoms. The Hall–Kier alpha value is -2.32. The standard InChI is InChI=1S/C12H14F3N3O3/c1-3-9(10(16)20)18-5-7(12(13,14)15)4-8(11(18)21)17-6(2)19/h4-5,9H,3H2,1-2H3,(H2,16,20)(H,17,19). The maximum atomic E-state index is 12.8. The van der Waals surface area contributed by atoms with E-state index in [-0.39, 0.29) is 6.42 Å². The summed E-state index contributed by atoms with van der Waals surface area (Å²) in [7, 11) is 0. The first-order chi connectivity index (χ1) is 9.57. The molecular formula is C12H14F3N3O3. The van der Waals surface area contributed by atoms with Gasteiger partial charge in [-0.2, -0.15) is 13.2 Å². The van der Waals surface area contributed by atoms with Crippen molar-refractivity contribution in [3.05, 3.63) is 28.2 Å². The molecule has 3 N–H and O–H groups in total. The summed E-state index contributed by atoms with van der Waals surface area (Å²) >= 11 is 0. The minimum Gasteiger partial charge on any atom is -0.368 e. The lowest BCUT2D eigenvalue weighted by Crippen LogP contribution is -2.35. The van der Waals surface area contributed by atoms with Gasteiger partial charge in [-0.25, -0.2) is 0 Å². The van der Waals surface area contributed by atoms with Crippen molar-refractivity contribution >= 4 is 17.5 Å². The molecule has 0 aliphatic heterocycles. The van der Waals surface area contributed by atoms with E-state index in [0.717, 1.165) is 6.92 Å². The van der Waals surface area contributed by atoms with Crippen molar-refractivity contribution in [1.82, 2.24) is 4.57 Å². The van der Waals surface area contributed by atoms with Crippen molar-refractivity contribution in [2.24, 2.45) is 5.73 Å². The van der Waals surface area contributed by atoms with E-state index in [1.807, 2.05) is 5.32 Å². The van der Waals surface area contributed by atoms with Crippen LogP contribution in [-0.4, -0.2) is 16.4 Å². The Morgan fingerprint density at radius 2 is 2.00 bits per heavy atom. The quantitative estimate of drug-likeness (QED) is 0.877. The monoisotopic (exact) mass is 305 g/mol. The number of nitrogens with zero attached hydrogens (tertiary/aromatic N) is 1. The minimum absolute atomic E-state index is 0.0378. The number of nitrogens with two attached hydrogens (primary N) is 1. The lowest BCUT2D eigenvalue weighted by atomic mass is 10.1. The molecule has 1 rings (SSSR count). The molecule has 0 bridgehead atoms. The molecule has 0 aliphatic carbocycles. The van der Waals surface area contributed by atoms with Gasteiger partial charge < -0.3 is 15.6 Å². The second-order valence-electron chi connectivity index (χ2n) is 4.36. The zero-order valence-corrected chi connectivity index (χ0v) is 11.3. The third kappa shape index (κ3) is 3.83. The molecule has 9 heteroatoms. The number of amides is 2. The van der Waals surface area contributed by atoms with Gasteiger partial charge in [0.1, 0.15) is 11.7 Å². The summed E-state index contributed by atoms with van der Waals surface area (Å²) in [5, 5.41) is 2.02. The fourth-order valence-electron chi connectivity index (χ4n) is 1.80. The molecular weight excluding hydrogens is 291 g/mol. The molecule has 0 aliphatic rings. The first-order valence-corrected chi connectivity index (χ1v) is 5.98. The zero-order chi connectivity index (χ0) is 16.4. The second kappa shape index (κ2) is 5.98. The van der Waals surface area contributed by atoms with Gasteiger partial charge in [-0.05, 0) is 12.5 Å².